The predicted molar refractivity (Wildman–Crippen MR) is 139 cm³/mol. The lowest BCUT2D eigenvalue weighted by molar-refractivity contribution is 0.0624. The van der Waals surface area contributed by atoms with Crippen LogP contribution in [0.1, 0.15) is 10.4 Å². The second kappa shape index (κ2) is 9.65. The smallest absolute Gasteiger partial charge is 0.254 e. The molecule has 0 aliphatic carbocycles. The SMILES string of the molecule is COc1ccccc1NC1CN(C(=O)c2ccc(NS(O)(O)c3cccc4cccnc34)c(F)c2)C1. The van der Waals surface area contributed by atoms with E-state index in [1.165, 1.54) is 18.2 Å². The number of pyridine rings is 1. The molecule has 1 amide bonds. The van der Waals surface area contributed by atoms with E-state index in [1.54, 1.807) is 42.5 Å². The number of likely N-dealkylation sites (tertiary alicyclic amines) is 1. The van der Waals surface area contributed by atoms with E-state index < -0.39 is 16.6 Å². The van der Waals surface area contributed by atoms with Crippen molar-refractivity contribution in [2.24, 2.45) is 0 Å². The maximum atomic E-state index is 14.9. The lowest BCUT2D eigenvalue weighted by Gasteiger charge is -2.40. The quantitative estimate of drug-likeness (QED) is 0.263. The minimum absolute atomic E-state index is 0.0540. The fraction of sp³-hybridized carbons (Fsp3) is 0.154. The Bertz CT molecular complexity index is 1420. The van der Waals surface area contributed by atoms with E-state index in [0.717, 1.165) is 22.9 Å². The van der Waals surface area contributed by atoms with Crippen molar-refractivity contribution in [3.63, 3.8) is 0 Å². The standard InChI is InChI=1S/C26H25FN4O4S/c1-35-23-9-3-2-8-22(23)29-19-15-31(16-19)26(32)18-11-12-21(20(27)14-18)30-36(33,34)24-10-4-6-17-7-5-13-28-25(17)24/h2-14,19,29-30,33-34H,15-16H2,1H3. The number of methoxy groups -OCH3 is 1. The lowest BCUT2D eigenvalue weighted by atomic mass is 10.1. The van der Waals surface area contributed by atoms with E-state index in [-0.39, 0.29) is 28.1 Å². The van der Waals surface area contributed by atoms with Crippen LogP contribution in [0.2, 0.25) is 0 Å². The van der Waals surface area contributed by atoms with Crippen LogP contribution in [0, 0.1) is 5.82 Å². The van der Waals surface area contributed by atoms with Gasteiger partial charge in [-0.3, -0.25) is 23.6 Å². The number of anilines is 2. The van der Waals surface area contributed by atoms with Crippen molar-refractivity contribution < 1.29 is 23.0 Å². The fourth-order valence-electron chi connectivity index (χ4n) is 4.15. The van der Waals surface area contributed by atoms with Crippen LogP contribution in [0.4, 0.5) is 15.8 Å². The number of hydrogen-bond acceptors (Lipinski definition) is 7. The number of nitrogens with zero attached hydrogens (tertiary/aromatic N) is 2. The van der Waals surface area contributed by atoms with Crippen molar-refractivity contribution in [2.75, 3.05) is 30.2 Å². The van der Waals surface area contributed by atoms with E-state index in [1.807, 2.05) is 24.3 Å². The van der Waals surface area contributed by atoms with Gasteiger partial charge in [0.15, 0.2) is 0 Å². The molecule has 1 aliphatic heterocycles. The highest BCUT2D eigenvalue weighted by molar-refractivity contribution is 8.25. The molecule has 0 radical (unpaired) electrons. The number of aromatic nitrogens is 1. The Hall–Kier alpha value is -3.86. The highest BCUT2D eigenvalue weighted by Crippen LogP contribution is 2.50. The maximum absolute atomic E-state index is 14.9. The Labute approximate surface area is 209 Å². The van der Waals surface area contributed by atoms with Gasteiger partial charge in [-0.15, -0.1) is 0 Å². The van der Waals surface area contributed by atoms with Crippen LogP contribution in [0.25, 0.3) is 10.9 Å². The molecule has 5 rings (SSSR count). The summed E-state index contributed by atoms with van der Waals surface area (Å²) in [6.07, 6.45) is 1.55. The third-order valence-electron chi connectivity index (χ3n) is 6.01. The molecule has 2 heterocycles. The van der Waals surface area contributed by atoms with Gasteiger partial charge in [0.1, 0.15) is 16.5 Å². The van der Waals surface area contributed by atoms with Crippen LogP contribution in [-0.4, -0.2) is 51.1 Å². The fourth-order valence-corrected chi connectivity index (χ4v) is 5.44. The number of halogens is 1. The van der Waals surface area contributed by atoms with Crippen LogP contribution in [-0.2, 0) is 0 Å². The largest absolute Gasteiger partial charge is 0.495 e. The molecule has 1 fully saturated rings. The summed E-state index contributed by atoms with van der Waals surface area (Å²) in [5.74, 6) is -0.348. The third-order valence-corrected chi connectivity index (χ3v) is 7.45. The molecule has 0 spiro atoms. The Morgan fingerprint density at radius 3 is 2.61 bits per heavy atom. The van der Waals surface area contributed by atoms with Crippen molar-refractivity contribution in [1.82, 2.24) is 9.88 Å². The van der Waals surface area contributed by atoms with E-state index >= 15 is 0 Å². The number of rotatable bonds is 7. The van der Waals surface area contributed by atoms with Crippen LogP contribution in [0.3, 0.4) is 0 Å². The van der Waals surface area contributed by atoms with Crippen LogP contribution < -0.4 is 14.8 Å². The zero-order chi connectivity index (χ0) is 25.3. The van der Waals surface area contributed by atoms with Crippen molar-refractivity contribution in [3.05, 3.63) is 90.4 Å². The third kappa shape index (κ3) is 4.66. The zero-order valence-electron chi connectivity index (χ0n) is 19.4. The molecule has 0 saturated carbocycles. The predicted octanol–water partition coefficient (Wildman–Crippen LogP) is 5.46. The maximum Gasteiger partial charge on any atom is 0.254 e. The average molecular weight is 509 g/mol. The highest BCUT2D eigenvalue weighted by atomic mass is 32.3. The van der Waals surface area contributed by atoms with Gasteiger partial charge in [0.2, 0.25) is 0 Å². The Morgan fingerprint density at radius 2 is 1.83 bits per heavy atom. The van der Waals surface area contributed by atoms with Gasteiger partial charge in [-0.2, -0.15) is 0 Å². The van der Waals surface area contributed by atoms with E-state index in [2.05, 4.69) is 15.0 Å². The molecule has 0 unspecified atom stereocenters. The summed E-state index contributed by atoms with van der Waals surface area (Å²) in [4.78, 5) is 18.9. The van der Waals surface area contributed by atoms with Crippen molar-refractivity contribution >= 4 is 39.0 Å². The molecule has 1 saturated heterocycles. The molecule has 8 nitrogen and oxygen atoms in total. The second-order valence-corrected chi connectivity index (χ2v) is 10.2. The number of carbonyl (C=O) groups is 1. The van der Waals surface area contributed by atoms with Crippen molar-refractivity contribution in [2.45, 2.75) is 10.9 Å². The molecule has 1 aliphatic rings. The van der Waals surface area contributed by atoms with Crippen LogP contribution in [0.15, 0.2) is 83.9 Å². The lowest BCUT2D eigenvalue weighted by Crippen LogP contribution is -2.57. The first-order valence-corrected chi connectivity index (χ1v) is 12.8. The molecule has 0 atom stereocenters. The summed E-state index contributed by atoms with van der Waals surface area (Å²) in [6.45, 7) is 0.931. The van der Waals surface area contributed by atoms with Gasteiger partial charge < -0.3 is 15.0 Å². The molecule has 1 aromatic heterocycles. The summed E-state index contributed by atoms with van der Waals surface area (Å²) in [7, 11) is -2.02. The monoisotopic (exact) mass is 508 g/mol. The first-order chi connectivity index (χ1) is 17.4. The minimum atomic E-state index is -3.61. The molecule has 36 heavy (non-hydrogen) atoms. The molecule has 0 bridgehead atoms. The number of nitrogens with one attached hydrogen (secondary N) is 2. The van der Waals surface area contributed by atoms with Gasteiger partial charge in [0.05, 0.1) is 30.0 Å². The van der Waals surface area contributed by atoms with Gasteiger partial charge >= 0.3 is 0 Å². The summed E-state index contributed by atoms with van der Waals surface area (Å²) >= 11 is 0. The van der Waals surface area contributed by atoms with Gasteiger partial charge in [0.25, 0.3) is 5.91 Å². The summed E-state index contributed by atoms with van der Waals surface area (Å²) < 4.78 is 44.3. The Kier molecular flexibility index (Phi) is 6.40. The van der Waals surface area contributed by atoms with E-state index in [4.69, 9.17) is 4.74 Å². The number of benzene rings is 3. The highest BCUT2D eigenvalue weighted by Gasteiger charge is 2.32. The summed E-state index contributed by atoms with van der Waals surface area (Å²) in [6, 6.07) is 20.0. The molecule has 10 heteroatoms. The number of fused-ring (bicyclic) bond motifs is 1. The number of ether oxygens (including phenoxy) is 1. The van der Waals surface area contributed by atoms with Gasteiger partial charge in [-0.05, 0) is 42.5 Å². The molecule has 3 aromatic carbocycles. The number of amides is 1. The summed E-state index contributed by atoms with van der Waals surface area (Å²) in [5, 5.41) is 4.08. The van der Waals surface area contributed by atoms with Crippen molar-refractivity contribution in [1.29, 1.82) is 0 Å². The molecular weight excluding hydrogens is 483 g/mol. The molecule has 4 N–H and O–H groups in total. The van der Waals surface area contributed by atoms with E-state index in [0.29, 0.717) is 18.6 Å². The minimum Gasteiger partial charge on any atom is -0.495 e. The van der Waals surface area contributed by atoms with Crippen LogP contribution >= 0.6 is 10.8 Å². The van der Waals surface area contributed by atoms with Crippen LogP contribution in [0.5, 0.6) is 5.75 Å². The first-order valence-electron chi connectivity index (χ1n) is 11.2. The number of hydrogen-bond donors (Lipinski definition) is 4. The molecular formula is C26H25FN4O4S. The van der Waals surface area contributed by atoms with Gasteiger partial charge in [-0.1, -0.05) is 41.1 Å². The zero-order valence-corrected chi connectivity index (χ0v) is 20.2. The number of para-hydroxylation sites is 3. The molecule has 4 aromatic rings. The topological polar surface area (TPSA) is 107 Å². The van der Waals surface area contributed by atoms with Gasteiger partial charge in [0, 0.05) is 30.2 Å². The average Bonchev–Trinajstić information content (AvgIpc) is 2.86. The Balaban J connectivity index is 1.26. The summed E-state index contributed by atoms with van der Waals surface area (Å²) in [5.41, 5.74) is 1.31. The molecule has 186 valence electrons. The first kappa shape index (κ1) is 23.9. The van der Waals surface area contributed by atoms with Gasteiger partial charge in [-0.25, -0.2) is 4.39 Å². The number of carbonyl (C=O) groups excluding carboxylic acids is 1. The second-order valence-electron chi connectivity index (χ2n) is 8.43. The van der Waals surface area contributed by atoms with Crippen molar-refractivity contribution in [3.8, 4) is 5.75 Å². The normalized spacial score (nSPS) is 14.3. The Morgan fingerprint density at radius 1 is 1.06 bits per heavy atom. The van der Waals surface area contributed by atoms with E-state index in [9.17, 15) is 18.3 Å².